The van der Waals surface area contributed by atoms with E-state index in [1.54, 1.807) is 0 Å². The molecule has 5 nitrogen and oxygen atoms in total. The molecule has 0 N–H and O–H groups in total. The molecule has 0 bridgehead atoms. The van der Waals surface area contributed by atoms with Gasteiger partial charge in [0, 0.05) is 43.9 Å². The lowest BCUT2D eigenvalue weighted by Gasteiger charge is -2.12. The molecule has 5 heteroatoms. The number of para-hydroxylation sites is 2. The van der Waals surface area contributed by atoms with Crippen LogP contribution in [0, 0.1) is 0 Å². The fourth-order valence-electron chi connectivity index (χ4n) is 8.78. The van der Waals surface area contributed by atoms with E-state index in [1.807, 2.05) is 12.1 Å². The molecule has 270 valence electrons. The molecule has 58 heavy (non-hydrogen) atoms. The summed E-state index contributed by atoms with van der Waals surface area (Å²) in [6.07, 6.45) is 0. The molecular formula is C53H32N4O. The van der Waals surface area contributed by atoms with Gasteiger partial charge in [-0.05, 0) is 81.2 Å². The van der Waals surface area contributed by atoms with Gasteiger partial charge in [0.1, 0.15) is 11.2 Å². The second-order valence-electron chi connectivity index (χ2n) is 14.8. The number of hydrogen-bond donors (Lipinski definition) is 0. The third-order valence-electron chi connectivity index (χ3n) is 11.5. The Morgan fingerprint density at radius 1 is 0.345 bits per heavy atom. The zero-order valence-corrected chi connectivity index (χ0v) is 31.2. The summed E-state index contributed by atoms with van der Waals surface area (Å²) in [7, 11) is 0. The molecule has 0 amide bonds. The van der Waals surface area contributed by atoms with Crippen LogP contribution in [-0.2, 0) is 0 Å². The van der Waals surface area contributed by atoms with Crippen LogP contribution in [0.2, 0.25) is 0 Å². The van der Waals surface area contributed by atoms with E-state index in [4.69, 9.17) is 19.4 Å². The first-order chi connectivity index (χ1) is 28.7. The van der Waals surface area contributed by atoms with Gasteiger partial charge >= 0.3 is 0 Å². The average molecular weight is 741 g/mol. The molecule has 0 aliphatic heterocycles. The van der Waals surface area contributed by atoms with Crippen molar-refractivity contribution in [3.05, 3.63) is 194 Å². The number of aromatic nitrogens is 4. The lowest BCUT2D eigenvalue weighted by molar-refractivity contribution is 0.669. The summed E-state index contributed by atoms with van der Waals surface area (Å²) in [5.41, 5.74) is 10.1. The van der Waals surface area contributed by atoms with Crippen LogP contribution in [0.4, 0.5) is 0 Å². The molecule has 12 aromatic rings. The molecule has 3 aromatic heterocycles. The lowest BCUT2D eigenvalue weighted by atomic mass is 9.99. The summed E-state index contributed by atoms with van der Waals surface area (Å²) in [6.45, 7) is 0. The maximum atomic E-state index is 6.56. The molecule has 0 atom stereocenters. The number of nitrogens with zero attached hydrogens (tertiary/aromatic N) is 4. The number of fused-ring (bicyclic) bond motifs is 8. The predicted octanol–water partition coefficient (Wildman–Crippen LogP) is 13.8. The molecule has 0 spiro atoms. The monoisotopic (exact) mass is 740 g/mol. The van der Waals surface area contributed by atoms with E-state index in [-0.39, 0.29) is 0 Å². The van der Waals surface area contributed by atoms with Crippen molar-refractivity contribution in [3.8, 4) is 51.0 Å². The van der Waals surface area contributed by atoms with Gasteiger partial charge in [-0.15, -0.1) is 0 Å². The van der Waals surface area contributed by atoms with Gasteiger partial charge in [0.25, 0.3) is 0 Å². The van der Waals surface area contributed by atoms with Gasteiger partial charge in [-0.3, -0.25) is 0 Å². The van der Waals surface area contributed by atoms with Crippen molar-refractivity contribution < 1.29 is 4.42 Å². The highest BCUT2D eigenvalue weighted by Gasteiger charge is 2.20. The van der Waals surface area contributed by atoms with Crippen molar-refractivity contribution >= 4 is 65.3 Å². The highest BCUT2D eigenvalue weighted by Crippen LogP contribution is 2.41. The second kappa shape index (κ2) is 12.8. The largest absolute Gasteiger partial charge is 0.456 e. The first-order valence-corrected chi connectivity index (χ1v) is 19.5. The molecule has 12 rings (SSSR count). The minimum absolute atomic E-state index is 0.592. The SMILES string of the molecule is c1ccc(-n2c3ccccc3c3cc(-c4ccc5oc6cccc(-c7nc(-c8cccc9ccccc89)nc(-c8cccc9ccccc89)n7)c6c5c4)ccc32)cc1. The van der Waals surface area contributed by atoms with Gasteiger partial charge < -0.3 is 8.98 Å². The van der Waals surface area contributed by atoms with E-state index in [0.29, 0.717) is 17.5 Å². The number of rotatable bonds is 5. The maximum Gasteiger partial charge on any atom is 0.164 e. The third-order valence-corrected chi connectivity index (χ3v) is 11.5. The van der Waals surface area contributed by atoms with Crippen LogP contribution >= 0.6 is 0 Å². The van der Waals surface area contributed by atoms with Crippen molar-refractivity contribution in [2.45, 2.75) is 0 Å². The summed E-state index contributed by atoms with van der Waals surface area (Å²) in [5, 5.41) is 8.85. The van der Waals surface area contributed by atoms with E-state index >= 15 is 0 Å². The van der Waals surface area contributed by atoms with Gasteiger partial charge in [0.15, 0.2) is 17.5 Å². The smallest absolute Gasteiger partial charge is 0.164 e. The van der Waals surface area contributed by atoms with Gasteiger partial charge in [0.05, 0.1) is 11.0 Å². The first kappa shape index (κ1) is 32.4. The molecule has 9 aromatic carbocycles. The fraction of sp³-hybridized carbons (Fsp3) is 0. The van der Waals surface area contributed by atoms with Gasteiger partial charge in [-0.25, -0.2) is 15.0 Å². The standard InChI is InChI=1S/C53H32N4O/c1-2-17-37(18-3-1)57-46-25-9-8-21-40(46)44-31-35(27-29-47(44)57)36-28-30-48-45(32-36)50-43(24-12-26-49(50)58-48)53-55-51(41-22-10-15-33-13-4-6-19-38(33)41)54-52(56-53)42-23-11-16-34-14-5-7-20-39(34)42/h1-32H. The zero-order chi connectivity index (χ0) is 38.2. The van der Waals surface area contributed by atoms with E-state index in [2.05, 4.69) is 187 Å². The Morgan fingerprint density at radius 3 is 1.57 bits per heavy atom. The van der Waals surface area contributed by atoms with Crippen LogP contribution in [0.25, 0.3) is 116 Å². The van der Waals surface area contributed by atoms with Crippen LogP contribution in [-0.4, -0.2) is 19.5 Å². The summed E-state index contributed by atoms with van der Waals surface area (Å²) >= 11 is 0. The van der Waals surface area contributed by atoms with Crippen molar-refractivity contribution in [3.63, 3.8) is 0 Å². The van der Waals surface area contributed by atoms with Crippen LogP contribution < -0.4 is 0 Å². The zero-order valence-electron chi connectivity index (χ0n) is 31.2. The topological polar surface area (TPSA) is 56.7 Å². The van der Waals surface area contributed by atoms with E-state index in [1.165, 1.54) is 21.8 Å². The fourth-order valence-corrected chi connectivity index (χ4v) is 8.78. The Balaban J connectivity index is 1.07. The molecule has 0 aliphatic carbocycles. The molecule has 0 aliphatic rings. The van der Waals surface area contributed by atoms with Gasteiger partial charge in [-0.2, -0.15) is 0 Å². The summed E-state index contributed by atoms with van der Waals surface area (Å²) < 4.78 is 8.90. The van der Waals surface area contributed by atoms with Crippen molar-refractivity contribution in [1.29, 1.82) is 0 Å². The van der Waals surface area contributed by atoms with Crippen LogP contribution in [0.15, 0.2) is 199 Å². The van der Waals surface area contributed by atoms with Crippen molar-refractivity contribution in [1.82, 2.24) is 19.5 Å². The highest BCUT2D eigenvalue weighted by molar-refractivity contribution is 6.14. The molecule has 0 saturated carbocycles. The normalized spacial score (nSPS) is 11.8. The Morgan fingerprint density at radius 2 is 0.862 bits per heavy atom. The number of furan rings is 1. The lowest BCUT2D eigenvalue weighted by Crippen LogP contribution is -2.01. The van der Waals surface area contributed by atoms with Crippen LogP contribution in [0.5, 0.6) is 0 Å². The minimum atomic E-state index is 0.592. The number of benzene rings is 9. The Labute approximate surface area is 333 Å². The summed E-state index contributed by atoms with van der Waals surface area (Å²) in [4.78, 5) is 15.7. The maximum absolute atomic E-state index is 6.56. The Bertz CT molecular complexity index is 3470. The molecule has 0 saturated heterocycles. The minimum Gasteiger partial charge on any atom is -0.456 e. The third kappa shape index (κ3) is 5.07. The van der Waals surface area contributed by atoms with Crippen LogP contribution in [0.3, 0.4) is 0 Å². The highest BCUT2D eigenvalue weighted by atomic mass is 16.3. The molecule has 3 heterocycles. The quantitative estimate of drug-likeness (QED) is 0.176. The van der Waals surface area contributed by atoms with Crippen LogP contribution in [0.1, 0.15) is 0 Å². The summed E-state index contributed by atoms with van der Waals surface area (Å²) in [5.74, 6) is 1.84. The van der Waals surface area contributed by atoms with E-state index < -0.39 is 0 Å². The van der Waals surface area contributed by atoms with E-state index in [0.717, 1.165) is 77.0 Å². The van der Waals surface area contributed by atoms with Gasteiger partial charge in [0.2, 0.25) is 0 Å². The van der Waals surface area contributed by atoms with E-state index in [9.17, 15) is 0 Å². The molecule has 0 fully saturated rings. The molecule has 0 radical (unpaired) electrons. The first-order valence-electron chi connectivity index (χ1n) is 19.5. The van der Waals surface area contributed by atoms with Crippen molar-refractivity contribution in [2.75, 3.05) is 0 Å². The van der Waals surface area contributed by atoms with Crippen molar-refractivity contribution in [2.24, 2.45) is 0 Å². The summed E-state index contributed by atoms with van der Waals surface area (Å²) in [6, 6.07) is 68.0. The van der Waals surface area contributed by atoms with Gasteiger partial charge in [-0.1, -0.05) is 146 Å². The Kier molecular flexibility index (Phi) is 7.16. The second-order valence-corrected chi connectivity index (χ2v) is 14.8. The average Bonchev–Trinajstić information content (AvgIpc) is 3.84. The predicted molar refractivity (Wildman–Crippen MR) is 238 cm³/mol. The molecular weight excluding hydrogens is 709 g/mol. The molecule has 0 unspecified atom stereocenters. The Hall–Kier alpha value is -7.89. The number of hydrogen-bond acceptors (Lipinski definition) is 4.